The average Bonchev–Trinajstić information content (AvgIpc) is 2.87. The number of aryl methyl sites for hydroxylation is 1. The summed E-state index contributed by atoms with van der Waals surface area (Å²) in [5.41, 5.74) is 2.64. The molecule has 0 aliphatic carbocycles. The summed E-state index contributed by atoms with van der Waals surface area (Å²) in [5, 5.41) is 7.79. The molecule has 3 rings (SSSR count). The molecule has 2 N–H and O–H groups in total. The second-order valence-electron chi connectivity index (χ2n) is 11.1. The molecule has 0 aliphatic rings. The highest BCUT2D eigenvalue weighted by molar-refractivity contribution is 6.00. The second kappa shape index (κ2) is 12.3. The van der Waals surface area contributed by atoms with Crippen LogP contribution in [0.4, 0.5) is 10.5 Å². The van der Waals surface area contributed by atoms with Crippen molar-refractivity contribution in [3.63, 3.8) is 0 Å². The van der Waals surface area contributed by atoms with E-state index in [2.05, 4.69) is 10.6 Å². The molecule has 39 heavy (non-hydrogen) atoms. The fourth-order valence-corrected chi connectivity index (χ4v) is 4.53. The number of hydrogen-bond donors (Lipinski definition) is 2. The summed E-state index contributed by atoms with van der Waals surface area (Å²) < 4.78 is 5.37. The van der Waals surface area contributed by atoms with E-state index in [-0.39, 0.29) is 17.9 Å². The highest BCUT2D eigenvalue weighted by Crippen LogP contribution is 2.31. The van der Waals surface area contributed by atoms with Crippen LogP contribution in [0.15, 0.2) is 60.7 Å². The maximum Gasteiger partial charge on any atom is 0.408 e. The Morgan fingerprint density at radius 3 is 2.23 bits per heavy atom. The van der Waals surface area contributed by atoms with Crippen LogP contribution in [0.3, 0.4) is 0 Å². The number of hydrogen-bond acceptors (Lipinski definition) is 4. The quantitative estimate of drug-likeness (QED) is 0.340. The number of carbonyl (C=O) groups is 3. The van der Waals surface area contributed by atoms with Crippen LogP contribution >= 0.6 is 0 Å². The van der Waals surface area contributed by atoms with E-state index >= 15 is 0 Å². The standard InChI is InChI=1S/C32H41N3O4/c1-9-21(3)35(30(37)23(5)33-31(38)39-32(6,7)8)28(27-16-12-13-20(2)22(27)4)29(36)34-26-18-17-24-14-10-11-15-25(24)19-26/h10-19,21,23,28H,9H2,1-8H3,(H,33,38)(H,34,36). The van der Waals surface area contributed by atoms with E-state index in [1.54, 1.807) is 32.6 Å². The van der Waals surface area contributed by atoms with Gasteiger partial charge in [0, 0.05) is 11.7 Å². The number of carbonyl (C=O) groups excluding carboxylic acids is 3. The van der Waals surface area contributed by atoms with Crippen molar-refractivity contribution in [2.75, 3.05) is 5.32 Å². The van der Waals surface area contributed by atoms with Gasteiger partial charge in [0.15, 0.2) is 0 Å². The fraction of sp³-hybridized carbons (Fsp3) is 0.406. The van der Waals surface area contributed by atoms with Crippen molar-refractivity contribution in [1.82, 2.24) is 10.2 Å². The number of fused-ring (bicyclic) bond motifs is 1. The molecule has 3 aromatic rings. The first kappa shape index (κ1) is 29.7. The average molecular weight is 532 g/mol. The van der Waals surface area contributed by atoms with Crippen LogP contribution in [-0.2, 0) is 14.3 Å². The summed E-state index contributed by atoms with van der Waals surface area (Å²) in [6.45, 7) is 14.7. The summed E-state index contributed by atoms with van der Waals surface area (Å²) in [6, 6.07) is 17.4. The lowest BCUT2D eigenvalue weighted by Gasteiger charge is -2.38. The van der Waals surface area contributed by atoms with Crippen LogP contribution in [0.2, 0.25) is 0 Å². The Morgan fingerprint density at radius 1 is 0.923 bits per heavy atom. The van der Waals surface area contributed by atoms with Crippen LogP contribution in [0.25, 0.3) is 10.8 Å². The minimum atomic E-state index is -0.915. The number of alkyl carbamates (subject to hydrolysis) is 1. The molecule has 0 saturated carbocycles. The van der Waals surface area contributed by atoms with Gasteiger partial charge in [0.25, 0.3) is 5.91 Å². The van der Waals surface area contributed by atoms with Gasteiger partial charge in [-0.1, -0.05) is 55.5 Å². The minimum Gasteiger partial charge on any atom is -0.444 e. The number of anilines is 1. The van der Waals surface area contributed by atoms with E-state index in [9.17, 15) is 14.4 Å². The van der Waals surface area contributed by atoms with Gasteiger partial charge in [-0.3, -0.25) is 9.59 Å². The van der Waals surface area contributed by atoms with Gasteiger partial charge in [-0.15, -0.1) is 0 Å². The SMILES string of the molecule is CCC(C)N(C(=O)C(C)NC(=O)OC(C)(C)C)C(C(=O)Nc1ccc2ccccc2c1)c1cccc(C)c1C. The lowest BCUT2D eigenvalue weighted by molar-refractivity contribution is -0.143. The molecule has 208 valence electrons. The predicted octanol–water partition coefficient (Wildman–Crippen LogP) is 6.68. The van der Waals surface area contributed by atoms with Gasteiger partial charge in [-0.05, 0) is 94.5 Å². The molecule has 3 atom stereocenters. The number of nitrogens with zero attached hydrogens (tertiary/aromatic N) is 1. The maximum absolute atomic E-state index is 14.1. The number of benzene rings is 3. The number of amides is 3. The topological polar surface area (TPSA) is 87.7 Å². The largest absolute Gasteiger partial charge is 0.444 e. The molecule has 0 heterocycles. The molecular formula is C32H41N3O4. The number of ether oxygens (including phenoxy) is 1. The summed E-state index contributed by atoms with van der Waals surface area (Å²) in [4.78, 5) is 42.1. The Hall–Kier alpha value is -3.87. The molecule has 7 heteroatoms. The van der Waals surface area contributed by atoms with E-state index in [1.165, 1.54) is 0 Å². The van der Waals surface area contributed by atoms with Gasteiger partial charge in [0.1, 0.15) is 17.7 Å². The zero-order valence-electron chi connectivity index (χ0n) is 24.3. The van der Waals surface area contributed by atoms with Gasteiger partial charge < -0.3 is 20.3 Å². The van der Waals surface area contributed by atoms with Crippen molar-refractivity contribution in [2.45, 2.75) is 85.5 Å². The Kier molecular flexibility index (Phi) is 9.38. The third-order valence-electron chi connectivity index (χ3n) is 6.91. The van der Waals surface area contributed by atoms with Crippen molar-refractivity contribution < 1.29 is 19.1 Å². The van der Waals surface area contributed by atoms with Crippen LogP contribution in [0.5, 0.6) is 0 Å². The Labute approximate surface area is 231 Å². The van der Waals surface area contributed by atoms with Crippen molar-refractivity contribution >= 4 is 34.4 Å². The Morgan fingerprint density at radius 2 is 1.59 bits per heavy atom. The van der Waals surface area contributed by atoms with Gasteiger partial charge in [-0.2, -0.15) is 0 Å². The lowest BCUT2D eigenvalue weighted by Crippen LogP contribution is -2.54. The molecule has 0 spiro atoms. The zero-order valence-corrected chi connectivity index (χ0v) is 24.3. The van der Waals surface area contributed by atoms with Crippen LogP contribution in [0.1, 0.15) is 70.7 Å². The van der Waals surface area contributed by atoms with E-state index < -0.39 is 23.8 Å². The van der Waals surface area contributed by atoms with E-state index in [0.717, 1.165) is 27.5 Å². The minimum absolute atomic E-state index is 0.285. The van der Waals surface area contributed by atoms with Crippen LogP contribution in [-0.4, -0.2) is 40.5 Å². The van der Waals surface area contributed by atoms with Crippen molar-refractivity contribution in [2.24, 2.45) is 0 Å². The first-order valence-corrected chi connectivity index (χ1v) is 13.5. The molecule has 7 nitrogen and oxygen atoms in total. The highest BCUT2D eigenvalue weighted by atomic mass is 16.6. The highest BCUT2D eigenvalue weighted by Gasteiger charge is 2.38. The summed E-state index contributed by atoms with van der Waals surface area (Å²) in [5.74, 6) is -0.688. The molecule has 3 aromatic carbocycles. The molecule has 3 unspecified atom stereocenters. The number of nitrogens with one attached hydrogen (secondary N) is 2. The predicted molar refractivity (Wildman–Crippen MR) is 157 cm³/mol. The summed E-state index contributed by atoms with van der Waals surface area (Å²) in [7, 11) is 0. The molecule has 0 saturated heterocycles. The molecule has 0 bridgehead atoms. The van der Waals surface area contributed by atoms with E-state index in [1.807, 2.05) is 88.4 Å². The van der Waals surface area contributed by atoms with Crippen molar-refractivity contribution in [1.29, 1.82) is 0 Å². The van der Waals surface area contributed by atoms with Crippen LogP contribution in [0, 0.1) is 13.8 Å². The van der Waals surface area contributed by atoms with Gasteiger partial charge >= 0.3 is 6.09 Å². The maximum atomic E-state index is 14.1. The Bertz CT molecular complexity index is 1340. The molecule has 0 aliphatic heterocycles. The first-order valence-electron chi connectivity index (χ1n) is 13.5. The first-order chi connectivity index (χ1) is 18.3. The summed E-state index contributed by atoms with van der Waals surface area (Å²) >= 11 is 0. The molecule has 0 aromatic heterocycles. The smallest absolute Gasteiger partial charge is 0.408 e. The third-order valence-corrected chi connectivity index (χ3v) is 6.91. The van der Waals surface area contributed by atoms with Crippen LogP contribution < -0.4 is 10.6 Å². The van der Waals surface area contributed by atoms with Gasteiger partial charge in [-0.25, -0.2) is 4.79 Å². The number of rotatable bonds is 8. The molecule has 0 radical (unpaired) electrons. The Balaban J connectivity index is 2.03. The lowest BCUT2D eigenvalue weighted by atomic mass is 9.93. The van der Waals surface area contributed by atoms with Crippen molar-refractivity contribution in [3.05, 3.63) is 77.4 Å². The normalized spacial score (nSPS) is 13.7. The third kappa shape index (κ3) is 7.37. The molecule has 3 amide bonds. The molecular weight excluding hydrogens is 490 g/mol. The van der Waals surface area contributed by atoms with Gasteiger partial charge in [0.2, 0.25) is 5.91 Å². The zero-order chi connectivity index (χ0) is 28.9. The van der Waals surface area contributed by atoms with Gasteiger partial charge in [0.05, 0.1) is 0 Å². The van der Waals surface area contributed by atoms with Crippen molar-refractivity contribution in [3.8, 4) is 0 Å². The second-order valence-corrected chi connectivity index (χ2v) is 11.1. The van der Waals surface area contributed by atoms with E-state index in [4.69, 9.17) is 4.74 Å². The monoisotopic (exact) mass is 531 g/mol. The summed E-state index contributed by atoms with van der Waals surface area (Å²) in [6.07, 6.45) is -0.0634. The molecule has 0 fully saturated rings. The van der Waals surface area contributed by atoms with E-state index in [0.29, 0.717) is 12.1 Å². The fourth-order valence-electron chi connectivity index (χ4n) is 4.53.